The van der Waals surface area contributed by atoms with Crippen LogP contribution in [0.3, 0.4) is 0 Å². The van der Waals surface area contributed by atoms with Gasteiger partial charge < -0.3 is 8.83 Å². The molecule has 0 aliphatic rings. The molecule has 0 bridgehead atoms. The van der Waals surface area contributed by atoms with Gasteiger partial charge in [-0.3, -0.25) is 9.88 Å². The molecule has 4 aromatic rings. The van der Waals surface area contributed by atoms with Gasteiger partial charge in [0, 0.05) is 18.8 Å². The summed E-state index contributed by atoms with van der Waals surface area (Å²) in [4.78, 5) is 14.7. The van der Waals surface area contributed by atoms with Crippen LogP contribution in [0.15, 0.2) is 45.4 Å². The SMILES string of the molecule is Cc1cc2oc(N(C)c3nc4ccccc4o3)nc2cn1. The van der Waals surface area contributed by atoms with Gasteiger partial charge in [-0.05, 0) is 19.1 Å². The molecule has 0 N–H and O–H groups in total. The lowest BCUT2D eigenvalue weighted by atomic mass is 10.3. The van der Waals surface area contributed by atoms with Crippen molar-refractivity contribution in [1.82, 2.24) is 15.0 Å². The maximum absolute atomic E-state index is 5.74. The summed E-state index contributed by atoms with van der Waals surface area (Å²) in [6.45, 7) is 1.91. The van der Waals surface area contributed by atoms with Gasteiger partial charge in [0.1, 0.15) is 11.0 Å². The highest BCUT2D eigenvalue weighted by atomic mass is 16.4. The molecule has 0 amide bonds. The van der Waals surface area contributed by atoms with Crippen molar-refractivity contribution in [3.8, 4) is 0 Å². The van der Waals surface area contributed by atoms with Crippen LogP contribution < -0.4 is 4.90 Å². The van der Waals surface area contributed by atoms with Gasteiger partial charge in [0.25, 0.3) is 0 Å². The van der Waals surface area contributed by atoms with Crippen molar-refractivity contribution in [2.45, 2.75) is 6.92 Å². The van der Waals surface area contributed by atoms with E-state index in [0.717, 1.165) is 16.8 Å². The Hall–Kier alpha value is -2.89. The second-order valence-electron chi connectivity index (χ2n) is 4.81. The number of benzene rings is 1. The lowest BCUT2D eigenvalue weighted by Gasteiger charge is -2.07. The molecule has 0 unspecified atom stereocenters. The van der Waals surface area contributed by atoms with Crippen LogP contribution in [0.4, 0.5) is 12.0 Å². The number of oxazole rings is 2. The predicted molar refractivity (Wildman–Crippen MR) is 78.6 cm³/mol. The van der Waals surface area contributed by atoms with Gasteiger partial charge in [-0.15, -0.1) is 0 Å². The summed E-state index contributed by atoms with van der Waals surface area (Å²) in [6.07, 6.45) is 1.69. The summed E-state index contributed by atoms with van der Waals surface area (Å²) in [5.74, 6) is 0. The van der Waals surface area contributed by atoms with Gasteiger partial charge in [0.2, 0.25) is 0 Å². The minimum atomic E-state index is 0.420. The highest BCUT2D eigenvalue weighted by Gasteiger charge is 2.17. The van der Waals surface area contributed by atoms with Crippen LogP contribution in [-0.4, -0.2) is 22.0 Å². The molecule has 0 aliphatic heterocycles. The third-order valence-electron chi connectivity index (χ3n) is 3.26. The summed E-state index contributed by atoms with van der Waals surface area (Å²) in [5.41, 5.74) is 3.81. The lowest BCUT2D eigenvalue weighted by Crippen LogP contribution is -2.09. The zero-order chi connectivity index (χ0) is 14.4. The van der Waals surface area contributed by atoms with E-state index in [1.807, 2.05) is 37.3 Å². The maximum atomic E-state index is 5.74. The maximum Gasteiger partial charge on any atom is 0.306 e. The van der Waals surface area contributed by atoms with E-state index in [4.69, 9.17) is 8.83 Å². The van der Waals surface area contributed by atoms with Crippen LogP contribution in [0.25, 0.3) is 22.2 Å². The number of hydrogen-bond acceptors (Lipinski definition) is 6. The van der Waals surface area contributed by atoms with Gasteiger partial charge in [-0.25, -0.2) is 0 Å². The second-order valence-corrected chi connectivity index (χ2v) is 4.81. The molecule has 104 valence electrons. The number of nitrogens with zero attached hydrogens (tertiary/aromatic N) is 4. The molecule has 0 spiro atoms. The first-order valence-electron chi connectivity index (χ1n) is 6.53. The second kappa shape index (κ2) is 4.31. The molecule has 3 heterocycles. The Morgan fingerprint density at radius 2 is 1.67 bits per heavy atom. The molecule has 0 radical (unpaired) electrons. The summed E-state index contributed by atoms with van der Waals surface area (Å²) in [5, 5.41) is 0. The zero-order valence-electron chi connectivity index (χ0n) is 11.6. The fourth-order valence-electron chi connectivity index (χ4n) is 2.15. The van der Waals surface area contributed by atoms with Crippen molar-refractivity contribution in [1.29, 1.82) is 0 Å². The van der Waals surface area contributed by atoms with E-state index in [1.54, 1.807) is 18.1 Å². The monoisotopic (exact) mass is 280 g/mol. The third kappa shape index (κ3) is 1.92. The molecular formula is C15H12N4O2. The lowest BCUT2D eigenvalue weighted by molar-refractivity contribution is 0.558. The largest absolute Gasteiger partial charge is 0.423 e. The Balaban J connectivity index is 1.79. The van der Waals surface area contributed by atoms with Crippen LogP contribution >= 0.6 is 0 Å². The number of fused-ring (bicyclic) bond motifs is 2. The van der Waals surface area contributed by atoms with E-state index in [2.05, 4.69) is 15.0 Å². The van der Waals surface area contributed by atoms with Crippen molar-refractivity contribution in [2.24, 2.45) is 0 Å². The Bertz CT molecular complexity index is 908. The minimum absolute atomic E-state index is 0.420. The first kappa shape index (κ1) is 11.9. The number of anilines is 2. The van der Waals surface area contributed by atoms with E-state index in [1.165, 1.54) is 0 Å². The molecule has 4 rings (SSSR count). The van der Waals surface area contributed by atoms with Gasteiger partial charge in [-0.2, -0.15) is 9.97 Å². The van der Waals surface area contributed by atoms with Gasteiger partial charge in [-0.1, -0.05) is 12.1 Å². The number of aromatic nitrogens is 3. The van der Waals surface area contributed by atoms with Crippen molar-refractivity contribution in [3.05, 3.63) is 42.2 Å². The molecule has 21 heavy (non-hydrogen) atoms. The molecule has 0 saturated carbocycles. The first-order valence-corrected chi connectivity index (χ1v) is 6.53. The van der Waals surface area contributed by atoms with E-state index in [-0.39, 0.29) is 0 Å². The topological polar surface area (TPSA) is 68.2 Å². The Morgan fingerprint density at radius 1 is 0.952 bits per heavy atom. The number of rotatable bonds is 2. The fourth-order valence-corrected chi connectivity index (χ4v) is 2.15. The average Bonchev–Trinajstić information content (AvgIpc) is 3.09. The van der Waals surface area contributed by atoms with E-state index < -0.39 is 0 Å². The predicted octanol–water partition coefficient (Wildman–Crippen LogP) is 3.44. The summed E-state index contributed by atoms with van der Waals surface area (Å²) < 4.78 is 11.4. The van der Waals surface area contributed by atoms with Crippen LogP contribution in [-0.2, 0) is 0 Å². The summed E-state index contributed by atoms with van der Waals surface area (Å²) in [6, 6.07) is 10.3. The highest BCUT2D eigenvalue weighted by Crippen LogP contribution is 2.28. The number of para-hydroxylation sites is 2. The quantitative estimate of drug-likeness (QED) is 0.560. The van der Waals surface area contributed by atoms with Crippen LogP contribution in [0.2, 0.25) is 0 Å². The smallest absolute Gasteiger partial charge is 0.306 e. The van der Waals surface area contributed by atoms with Gasteiger partial charge in [0.15, 0.2) is 11.2 Å². The standard InChI is InChI=1S/C15H12N4O2/c1-9-7-13-11(8-16-9)18-15(21-13)19(2)14-17-10-5-3-4-6-12(10)20-14/h3-8H,1-2H3. The molecule has 3 aromatic heterocycles. The molecule has 6 nitrogen and oxygen atoms in total. The molecule has 0 atom stereocenters. The van der Waals surface area contributed by atoms with Crippen LogP contribution in [0.5, 0.6) is 0 Å². The van der Waals surface area contributed by atoms with Crippen molar-refractivity contribution in [3.63, 3.8) is 0 Å². The molecular weight excluding hydrogens is 268 g/mol. The minimum Gasteiger partial charge on any atom is -0.423 e. The Kier molecular flexibility index (Phi) is 2.44. The Labute approximate surface area is 120 Å². The average molecular weight is 280 g/mol. The number of aryl methyl sites for hydroxylation is 1. The number of pyridine rings is 1. The fraction of sp³-hybridized carbons (Fsp3) is 0.133. The van der Waals surface area contributed by atoms with E-state index in [0.29, 0.717) is 23.1 Å². The van der Waals surface area contributed by atoms with E-state index in [9.17, 15) is 0 Å². The highest BCUT2D eigenvalue weighted by molar-refractivity contribution is 5.77. The molecule has 6 heteroatoms. The van der Waals surface area contributed by atoms with E-state index >= 15 is 0 Å². The molecule has 0 saturated heterocycles. The number of hydrogen-bond donors (Lipinski definition) is 0. The van der Waals surface area contributed by atoms with Crippen molar-refractivity contribution in [2.75, 3.05) is 11.9 Å². The van der Waals surface area contributed by atoms with Crippen molar-refractivity contribution >= 4 is 34.2 Å². The molecule has 1 aromatic carbocycles. The Morgan fingerprint density at radius 3 is 2.48 bits per heavy atom. The zero-order valence-corrected chi connectivity index (χ0v) is 11.6. The molecule has 0 aliphatic carbocycles. The first-order chi connectivity index (χ1) is 10.2. The third-order valence-corrected chi connectivity index (χ3v) is 3.26. The summed E-state index contributed by atoms with van der Waals surface area (Å²) in [7, 11) is 1.80. The van der Waals surface area contributed by atoms with Crippen LogP contribution in [0.1, 0.15) is 5.69 Å². The van der Waals surface area contributed by atoms with Gasteiger partial charge >= 0.3 is 12.0 Å². The van der Waals surface area contributed by atoms with Gasteiger partial charge in [0.05, 0.1) is 6.20 Å². The molecule has 0 fully saturated rings. The normalized spacial score (nSPS) is 11.3. The summed E-state index contributed by atoms with van der Waals surface area (Å²) >= 11 is 0. The van der Waals surface area contributed by atoms with Crippen molar-refractivity contribution < 1.29 is 8.83 Å². The van der Waals surface area contributed by atoms with Crippen LogP contribution in [0, 0.1) is 6.92 Å².